The van der Waals surface area contributed by atoms with Crippen molar-refractivity contribution in [2.45, 2.75) is 6.92 Å². The fraction of sp³-hybridized carbons (Fsp3) is 0.167. The van der Waals surface area contributed by atoms with E-state index in [0.717, 1.165) is 5.70 Å². The molecule has 3 nitrogen and oxygen atoms in total. The van der Waals surface area contributed by atoms with Crippen molar-refractivity contribution in [3.63, 3.8) is 0 Å². The number of hydrogen-bond acceptors (Lipinski definition) is 3. The number of nitrogens with two attached hydrogens (primary N) is 1. The highest BCUT2D eigenvalue weighted by Gasteiger charge is 2.02. The molecule has 1 aliphatic rings. The first-order valence-electron chi connectivity index (χ1n) is 2.66. The van der Waals surface area contributed by atoms with Gasteiger partial charge in [-0.25, -0.2) is 4.99 Å². The first-order valence-corrected chi connectivity index (χ1v) is 2.66. The minimum absolute atomic E-state index is 0.459. The number of hydrogen-bond donors (Lipinski definition) is 2. The highest BCUT2D eigenvalue weighted by molar-refractivity contribution is 5.97. The minimum Gasteiger partial charge on any atom is -0.382 e. The van der Waals surface area contributed by atoms with Crippen LogP contribution in [0.4, 0.5) is 0 Å². The summed E-state index contributed by atoms with van der Waals surface area (Å²) in [5.41, 5.74) is 7.03. The molecule has 0 spiro atoms. The second-order valence-electron chi connectivity index (χ2n) is 1.93. The number of nitrogens with one attached hydrogen (secondary N) is 1. The third kappa shape index (κ3) is 1.10. The third-order valence-corrected chi connectivity index (χ3v) is 1.05. The summed E-state index contributed by atoms with van der Waals surface area (Å²) in [5, 5.41) is 2.94. The molecule has 1 rings (SSSR count). The molecule has 0 aromatic rings. The van der Waals surface area contributed by atoms with E-state index in [-0.39, 0.29) is 0 Å². The third-order valence-electron chi connectivity index (χ3n) is 1.05. The Balaban J connectivity index is 2.86. The SMILES string of the molecule is C=C1NC(C)=CN=C1N. The summed E-state index contributed by atoms with van der Waals surface area (Å²) in [6.45, 7) is 5.54. The Morgan fingerprint density at radius 2 is 2.44 bits per heavy atom. The van der Waals surface area contributed by atoms with Crippen molar-refractivity contribution in [2.24, 2.45) is 10.7 Å². The van der Waals surface area contributed by atoms with Crippen LogP contribution in [-0.2, 0) is 0 Å². The molecule has 9 heavy (non-hydrogen) atoms. The van der Waals surface area contributed by atoms with Gasteiger partial charge in [-0.1, -0.05) is 6.58 Å². The lowest BCUT2D eigenvalue weighted by Crippen LogP contribution is -2.27. The lowest BCUT2D eigenvalue weighted by atomic mass is 10.3. The molecule has 0 atom stereocenters. The Hall–Kier alpha value is -1.25. The second-order valence-corrected chi connectivity index (χ2v) is 1.93. The molecule has 3 heteroatoms. The molecule has 0 bridgehead atoms. The van der Waals surface area contributed by atoms with Crippen LogP contribution in [0.1, 0.15) is 6.92 Å². The Morgan fingerprint density at radius 1 is 1.78 bits per heavy atom. The molecule has 0 saturated carbocycles. The van der Waals surface area contributed by atoms with Crippen LogP contribution in [0, 0.1) is 0 Å². The van der Waals surface area contributed by atoms with Crippen LogP contribution >= 0.6 is 0 Å². The van der Waals surface area contributed by atoms with Gasteiger partial charge >= 0.3 is 0 Å². The van der Waals surface area contributed by atoms with Crippen LogP contribution in [0.3, 0.4) is 0 Å². The minimum atomic E-state index is 0.459. The van der Waals surface area contributed by atoms with E-state index in [4.69, 9.17) is 5.73 Å². The van der Waals surface area contributed by atoms with E-state index in [0.29, 0.717) is 11.5 Å². The van der Waals surface area contributed by atoms with E-state index >= 15 is 0 Å². The Morgan fingerprint density at radius 3 is 2.89 bits per heavy atom. The molecule has 0 amide bonds. The molecular formula is C6H9N3. The second kappa shape index (κ2) is 1.93. The summed E-state index contributed by atoms with van der Waals surface area (Å²) in [4.78, 5) is 3.86. The van der Waals surface area contributed by atoms with Crippen molar-refractivity contribution in [2.75, 3.05) is 0 Å². The van der Waals surface area contributed by atoms with E-state index in [1.807, 2.05) is 6.92 Å². The number of amidine groups is 1. The number of aliphatic imine (C=N–C) groups is 1. The van der Waals surface area contributed by atoms with Crippen molar-refractivity contribution in [3.8, 4) is 0 Å². The standard InChI is InChI=1S/C6H9N3/c1-4-3-8-6(7)5(2)9-4/h3,9H,2H2,1H3,(H2,7,8). The Bertz CT molecular complexity index is 200. The lowest BCUT2D eigenvalue weighted by molar-refractivity contribution is 0.987. The fourth-order valence-electron chi connectivity index (χ4n) is 0.579. The normalized spacial score (nSPS) is 18.1. The molecule has 0 fully saturated rings. The van der Waals surface area contributed by atoms with Crippen LogP contribution in [0.15, 0.2) is 29.2 Å². The van der Waals surface area contributed by atoms with E-state index in [9.17, 15) is 0 Å². The van der Waals surface area contributed by atoms with Crippen molar-refractivity contribution >= 4 is 5.84 Å². The van der Waals surface area contributed by atoms with Crippen LogP contribution < -0.4 is 11.1 Å². The maximum atomic E-state index is 5.38. The van der Waals surface area contributed by atoms with E-state index in [2.05, 4.69) is 16.9 Å². The van der Waals surface area contributed by atoms with Crippen LogP contribution in [0.25, 0.3) is 0 Å². The number of rotatable bonds is 0. The van der Waals surface area contributed by atoms with Crippen LogP contribution in [0.5, 0.6) is 0 Å². The molecule has 0 saturated heterocycles. The van der Waals surface area contributed by atoms with Gasteiger partial charge in [0.15, 0.2) is 0 Å². The monoisotopic (exact) mass is 123 g/mol. The van der Waals surface area contributed by atoms with Crippen molar-refractivity contribution in [1.82, 2.24) is 5.32 Å². The highest BCUT2D eigenvalue weighted by atomic mass is 15.0. The zero-order valence-corrected chi connectivity index (χ0v) is 5.31. The quantitative estimate of drug-likeness (QED) is 0.487. The lowest BCUT2D eigenvalue weighted by Gasteiger charge is -2.11. The van der Waals surface area contributed by atoms with Gasteiger partial charge in [-0.05, 0) is 6.92 Å². The molecule has 0 radical (unpaired) electrons. The van der Waals surface area contributed by atoms with Gasteiger partial charge < -0.3 is 11.1 Å². The zero-order chi connectivity index (χ0) is 6.85. The van der Waals surface area contributed by atoms with E-state index in [1.54, 1.807) is 6.20 Å². The van der Waals surface area contributed by atoms with Gasteiger partial charge in [0.25, 0.3) is 0 Å². The Labute approximate surface area is 54.0 Å². The van der Waals surface area contributed by atoms with Gasteiger partial charge in [-0.15, -0.1) is 0 Å². The van der Waals surface area contributed by atoms with Gasteiger partial charge in [0, 0.05) is 11.9 Å². The molecule has 0 aromatic carbocycles. The average molecular weight is 123 g/mol. The predicted octanol–water partition coefficient (Wildman–Crippen LogP) is 0.322. The van der Waals surface area contributed by atoms with E-state index < -0.39 is 0 Å². The molecule has 0 aliphatic carbocycles. The highest BCUT2D eigenvalue weighted by Crippen LogP contribution is 1.99. The smallest absolute Gasteiger partial charge is 0.146 e. The summed E-state index contributed by atoms with van der Waals surface area (Å²) in [5.74, 6) is 0.459. The van der Waals surface area contributed by atoms with Crippen LogP contribution in [-0.4, -0.2) is 5.84 Å². The van der Waals surface area contributed by atoms with Crippen molar-refractivity contribution < 1.29 is 0 Å². The average Bonchev–Trinajstić information content (AvgIpc) is 1.80. The summed E-state index contributed by atoms with van der Waals surface area (Å²) < 4.78 is 0. The van der Waals surface area contributed by atoms with E-state index in [1.165, 1.54) is 0 Å². The summed E-state index contributed by atoms with van der Waals surface area (Å²) >= 11 is 0. The summed E-state index contributed by atoms with van der Waals surface area (Å²) in [6, 6.07) is 0. The molecule has 0 aromatic heterocycles. The molecule has 1 heterocycles. The van der Waals surface area contributed by atoms with Gasteiger partial charge in [-0.3, -0.25) is 0 Å². The largest absolute Gasteiger partial charge is 0.382 e. The van der Waals surface area contributed by atoms with Gasteiger partial charge in [-0.2, -0.15) is 0 Å². The fourth-order valence-corrected chi connectivity index (χ4v) is 0.579. The topological polar surface area (TPSA) is 50.4 Å². The van der Waals surface area contributed by atoms with Crippen LogP contribution in [0.2, 0.25) is 0 Å². The summed E-state index contributed by atoms with van der Waals surface area (Å²) in [6.07, 6.45) is 1.67. The summed E-state index contributed by atoms with van der Waals surface area (Å²) in [7, 11) is 0. The van der Waals surface area contributed by atoms with Crippen molar-refractivity contribution in [1.29, 1.82) is 0 Å². The molecule has 48 valence electrons. The maximum Gasteiger partial charge on any atom is 0.146 e. The first-order chi connectivity index (χ1) is 4.20. The number of allylic oxidation sites excluding steroid dienone is 1. The first kappa shape index (κ1) is 5.88. The van der Waals surface area contributed by atoms with Gasteiger partial charge in [0.2, 0.25) is 0 Å². The maximum absolute atomic E-state index is 5.38. The molecule has 0 unspecified atom stereocenters. The number of nitrogens with zero attached hydrogens (tertiary/aromatic N) is 1. The van der Waals surface area contributed by atoms with Crippen molar-refractivity contribution in [3.05, 3.63) is 24.2 Å². The van der Waals surface area contributed by atoms with Gasteiger partial charge in [0.05, 0.1) is 5.70 Å². The molecule has 1 aliphatic heterocycles. The van der Waals surface area contributed by atoms with Gasteiger partial charge in [0.1, 0.15) is 5.84 Å². The zero-order valence-electron chi connectivity index (χ0n) is 5.31. The predicted molar refractivity (Wildman–Crippen MR) is 37.7 cm³/mol. The Kier molecular flexibility index (Phi) is 1.26. The molecular weight excluding hydrogens is 114 g/mol. The molecule has 3 N–H and O–H groups in total.